The van der Waals surface area contributed by atoms with Gasteiger partial charge in [-0.05, 0) is 47.8 Å². The Morgan fingerprint density at radius 1 is 1.43 bits per heavy atom. The van der Waals surface area contributed by atoms with Crippen LogP contribution >= 0.6 is 15.9 Å². The molecule has 3 rings (SSSR count). The third-order valence-corrected chi connectivity index (χ3v) is 3.09. The summed E-state index contributed by atoms with van der Waals surface area (Å²) in [5.41, 5.74) is 3.37. The smallest absolute Gasteiger partial charge is 0.154 e. The molecule has 72 valence electrons. The predicted molar refractivity (Wildman–Crippen MR) is 57.4 cm³/mol. The van der Waals surface area contributed by atoms with Crippen LogP contribution in [0, 0.1) is 6.92 Å². The summed E-state index contributed by atoms with van der Waals surface area (Å²) in [7, 11) is 0. The van der Waals surface area contributed by atoms with Crippen LogP contribution in [-0.4, -0.2) is 14.6 Å². The van der Waals surface area contributed by atoms with Gasteiger partial charge in [0.25, 0.3) is 0 Å². The fourth-order valence-electron chi connectivity index (χ4n) is 1.78. The molecule has 1 fully saturated rings. The molecular formula is C10H10BrN3. The molecule has 0 N–H and O–H groups in total. The Hall–Kier alpha value is -0.900. The van der Waals surface area contributed by atoms with Crippen molar-refractivity contribution in [2.24, 2.45) is 0 Å². The number of rotatable bonds is 1. The van der Waals surface area contributed by atoms with Gasteiger partial charge in [0.15, 0.2) is 5.65 Å². The zero-order valence-corrected chi connectivity index (χ0v) is 9.45. The molecule has 0 spiro atoms. The molecule has 0 unspecified atom stereocenters. The van der Waals surface area contributed by atoms with Crippen molar-refractivity contribution in [2.75, 3.05) is 0 Å². The zero-order valence-electron chi connectivity index (χ0n) is 7.87. The lowest BCUT2D eigenvalue weighted by molar-refractivity contribution is 0.872. The standard InChI is InChI=1S/C10H10BrN3/c1-6-10(7-2-3-7)12-9-5-4-8(11)13-14(6)9/h4-5,7H,2-3H2,1H3. The van der Waals surface area contributed by atoms with Crippen molar-refractivity contribution in [3.8, 4) is 0 Å². The quantitative estimate of drug-likeness (QED) is 0.781. The van der Waals surface area contributed by atoms with E-state index in [4.69, 9.17) is 0 Å². The van der Waals surface area contributed by atoms with Crippen molar-refractivity contribution < 1.29 is 0 Å². The van der Waals surface area contributed by atoms with Crippen LogP contribution in [0.15, 0.2) is 16.7 Å². The van der Waals surface area contributed by atoms with Gasteiger partial charge in [0.1, 0.15) is 4.60 Å². The topological polar surface area (TPSA) is 30.2 Å². The minimum atomic E-state index is 0.690. The summed E-state index contributed by atoms with van der Waals surface area (Å²) in [6.07, 6.45) is 2.57. The fraction of sp³-hybridized carbons (Fsp3) is 0.400. The average molecular weight is 252 g/mol. The first kappa shape index (κ1) is 8.41. The predicted octanol–water partition coefficient (Wildman–Crippen LogP) is 2.68. The molecule has 2 aromatic rings. The fourth-order valence-corrected chi connectivity index (χ4v) is 2.07. The summed E-state index contributed by atoms with van der Waals surface area (Å²) in [6.45, 7) is 2.09. The molecule has 1 aliphatic rings. The molecule has 0 atom stereocenters. The number of aromatic nitrogens is 3. The largest absolute Gasteiger partial charge is 0.231 e. The van der Waals surface area contributed by atoms with E-state index in [-0.39, 0.29) is 0 Å². The minimum Gasteiger partial charge on any atom is -0.231 e. The Morgan fingerprint density at radius 3 is 2.93 bits per heavy atom. The molecule has 0 saturated heterocycles. The molecule has 3 nitrogen and oxygen atoms in total. The second kappa shape index (κ2) is 2.79. The average Bonchev–Trinajstić information content (AvgIpc) is 2.95. The summed E-state index contributed by atoms with van der Waals surface area (Å²) in [6, 6.07) is 3.93. The highest BCUT2D eigenvalue weighted by atomic mass is 79.9. The van der Waals surface area contributed by atoms with Crippen LogP contribution in [0.2, 0.25) is 0 Å². The van der Waals surface area contributed by atoms with Crippen molar-refractivity contribution in [2.45, 2.75) is 25.7 Å². The molecule has 14 heavy (non-hydrogen) atoms. The Kier molecular flexibility index (Phi) is 1.68. The molecule has 4 heteroatoms. The van der Waals surface area contributed by atoms with Gasteiger partial charge in [-0.1, -0.05) is 0 Å². The zero-order chi connectivity index (χ0) is 9.71. The molecule has 0 amide bonds. The third kappa shape index (κ3) is 1.17. The van der Waals surface area contributed by atoms with Crippen LogP contribution in [0.25, 0.3) is 5.65 Å². The van der Waals surface area contributed by atoms with Crippen LogP contribution < -0.4 is 0 Å². The van der Waals surface area contributed by atoms with Gasteiger partial charge in [0, 0.05) is 5.92 Å². The van der Waals surface area contributed by atoms with E-state index in [0.717, 1.165) is 10.3 Å². The van der Waals surface area contributed by atoms with Gasteiger partial charge in [-0.15, -0.1) is 0 Å². The third-order valence-electron chi connectivity index (χ3n) is 2.67. The van der Waals surface area contributed by atoms with E-state index in [1.54, 1.807) is 0 Å². The molecular weight excluding hydrogens is 242 g/mol. The molecule has 2 heterocycles. The lowest BCUT2D eigenvalue weighted by Crippen LogP contribution is -1.94. The van der Waals surface area contributed by atoms with Crippen LogP contribution in [0.3, 0.4) is 0 Å². The number of halogens is 1. The lowest BCUT2D eigenvalue weighted by atomic mass is 10.2. The monoisotopic (exact) mass is 251 g/mol. The first-order valence-corrected chi connectivity index (χ1v) is 5.57. The van der Waals surface area contributed by atoms with Gasteiger partial charge in [0.05, 0.1) is 11.4 Å². The number of hydrogen-bond donors (Lipinski definition) is 0. The number of fused-ring (bicyclic) bond motifs is 1. The SMILES string of the molecule is Cc1c(C2CC2)nc2ccc(Br)nn12. The van der Waals surface area contributed by atoms with E-state index in [9.17, 15) is 0 Å². The Bertz CT molecular complexity index is 499. The van der Waals surface area contributed by atoms with E-state index in [0.29, 0.717) is 5.92 Å². The maximum absolute atomic E-state index is 4.60. The summed E-state index contributed by atoms with van der Waals surface area (Å²) in [4.78, 5) is 4.60. The number of imidazole rings is 1. The molecule has 0 radical (unpaired) electrons. The van der Waals surface area contributed by atoms with E-state index in [1.807, 2.05) is 16.6 Å². The summed E-state index contributed by atoms with van der Waals surface area (Å²) >= 11 is 3.37. The molecule has 2 aromatic heterocycles. The van der Waals surface area contributed by atoms with Crippen molar-refractivity contribution in [3.63, 3.8) is 0 Å². The van der Waals surface area contributed by atoms with Crippen molar-refractivity contribution in [1.82, 2.24) is 14.6 Å². The highest BCUT2D eigenvalue weighted by Gasteiger charge is 2.28. The number of hydrogen-bond acceptors (Lipinski definition) is 2. The lowest BCUT2D eigenvalue weighted by Gasteiger charge is -1.95. The summed E-state index contributed by atoms with van der Waals surface area (Å²) in [5, 5.41) is 4.38. The number of aryl methyl sites for hydroxylation is 1. The highest BCUT2D eigenvalue weighted by Crippen LogP contribution is 2.40. The molecule has 1 saturated carbocycles. The Morgan fingerprint density at radius 2 is 2.21 bits per heavy atom. The van der Waals surface area contributed by atoms with Crippen LogP contribution in [-0.2, 0) is 0 Å². The molecule has 0 aliphatic heterocycles. The minimum absolute atomic E-state index is 0.690. The first-order valence-electron chi connectivity index (χ1n) is 4.77. The van der Waals surface area contributed by atoms with E-state index < -0.39 is 0 Å². The number of nitrogens with zero attached hydrogens (tertiary/aromatic N) is 3. The first-order chi connectivity index (χ1) is 6.75. The maximum Gasteiger partial charge on any atom is 0.154 e. The van der Waals surface area contributed by atoms with Crippen molar-refractivity contribution >= 4 is 21.6 Å². The van der Waals surface area contributed by atoms with E-state index >= 15 is 0 Å². The normalized spacial score (nSPS) is 16.4. The Labute approximate surface area is 90.3 Å². The van der Waals surface area contributed by atoms with Gasteiger partial charge in [0.2, 0.25) is 0 Å². The summed E-state index contributed by atoms with van der Waals surface area (Å²) < 4.78 is 2.77. The van der Waals surface area contributed by atoms with Gasteiger partial charge >= 0.3 is 0 Å². The van der Waals surface area contributed by atoms with Gasteiger partial charge in [-0.3, -0.25) is 0 Å². The second-order valence-electron chi connectivity index (χ2n) is 3.78. The second-order valence-corrected chi connectivity index (χ2v) is 4.60. The van der Waals surface area contributed by atoms with Crippen LogP contribution in [0.5, 0.6) is 0 Å². The molecule has 0 aromatic carbocycles. The van der Waals surface area contributed by atoms with Crippen LogP contribution in [0.1, 0.15) is 30.1 Å². The van der Waals surface area contributed by atoms with Crippen molar-refractivity contribution in [3.05, 3.63) is 28.1 Å². The van der Waals surface area contributed by atoms with Gasteiger partial charge in [-0.2, -0.15) is 5.10 Å². The van der Waals surface area contributed by atoms with Crippen LogP contribution in [0.4, 0.5) is 0 Å². The van der Waals surface area contributed by atoms with Gasteiger partial charge < -0.3 is 0 Å². The molecule has 0 bridgehead atoms. The maximum atomic E-state index is 4.60. The van der Waals surface area contributed by atoms with E-state index in [2.05, 4.69) is 32.9 Å². The highest BCUT2D eigenvalue weighted by molar-refractivity contribution is 9.10. The van der Waals surface area contributed by atoms with Gasteiger partial charge in [-0.25, -0.2) is 9.50 Å². The summed E-state index contributed by atoms with van der Waals surface area (Å²) in [5.74, 6) is 0.690. The van der Waals surface area contributed by atoms with E-state index in [1.165, 1.54) is 24.2 Å². The van der Waals surface area contributed by atoms with Crippen molar-refractivity contribution in [1.29, 1.82) is 0 Å². The molecule has 1 aliphatic carbocycles. The Balaban J connectivity index is 2.29.